The maximum Gasteiger partial charge on any atom is 0.309 e. The minimum absolute atomic E-state index is 0.0128. The summed E-state index contributed by atoms with van der Waals surface area (Å²) in [5, 5.41) is 0. The third-order valence-electron chi connectivity index (χ3n) is 5.60. The Morgan fingerprint density at radius 2 is 1.61 bits per heavy atom. The molecule has 0 amide bonds. The maximum absolute atomic E-state index is 11.9. The first kappa shape index (κ1) is 19.3. The van der Waals surface area contributed by atoms with Crippen LogP contribution in [0.25, 0.3) is 0 Å². The van der Waals surface area contributed by atoms with Gasteiger partial charge in [0.05, 0.1) is 23.9 Å². The summed E-state index contributed by atoms with van der Waals surface area (Å²) < 4.78 is 5.18. The number of ether oxygens (including phenoxy) is 1. The van der Waals surface area contributed by atoms with Gasteiger partial charge in [0.25, 0.3) is 0 Å². The Morgan fingerprint density at radius 1 is 1.00 bits per heavy atom. The lowest BCUT2D eigenvalue weighted by Crippen LogP contribution is -2.38. The molecule has 2 heterocycles. The minimum atomic E-state index is -0.0128. The lowest BCUT2D eigenvalue weighted by atomic mass is 9.97. The number of anilines is 2. The Morgan fingerprint density at radius 3 is 2.21 bits per heavy atom. The molecule has 0 atom stereocenters. The van der Waals surface area contributed by atoms with Crippen LogP contribution in [0.1, 0.15) is 26.2 Å². The van der Waals surface area contributed by atoms with Crippen molar-refractivity contribution in [2.24, 2.45) is 5.92 Å². The van der Waals surface area contributed by atoms with E-state index in [4.69, 9.17) is 4.74 Å². The number of nitrogens with zero attached hydrogens (tertiary/aromatic N) is 2. The predicted molar refractivity (Wildman–Crippen MR) is 114 cm³/mol. The fourth-order valence-corrected chi connectivity index (χ4v) is 5.22. The lowest BCUT2D eigenvalue weighted by Gasteiger charge is -2.34. The highest BCUT2D eigenvalue weighted by Gasteiger charge is 2.26. The Balaban J connectivity index is 1.34. The van der Waals surface area contributed by atoms with Crippen LogP contribution in [-0.4, -0.2) is 43.7 Å². The Labute approximate surface area is 171 Å². The van der Waals surface area contributed by atoms with E-state index in [0.29, 0.717) is 6.61 Å². The molecular weight excluding hydrogens is 368 g/mol. The number of rotatable bonds is 6. The maximum atomic E-state index is 11.9. The first-order valence-corrected chi connectivity index (χ1v) is 11.1. The molecule has 0 N–H and O–H groups in total. The number of hydrogen-bond donors (Lipinski definition) is 0. The number of carbonyl (C=O) groups is 1. The monoisotopic (exact) mass is 396 g/mol. The predicted octanol–water partition coefficient (Wildman–Crippen LogP) is 4.95. The molecule has 1 saturated heterocycles. The third-order valence-corrected chi connectivity index (χ3v) is 6.73. The quantitative estimate of drug-likeness (QED) is 0.645. The van der Waals surface area contributed by atoms with Crippen LogP contribution in [0, 0.1) is 5.92 Å². The van der Waals surface area contributed by atoms with Crippen molar-refractivity contribution in [1.82, 2.24) is 4.90 Å². The van der Waals surface area contributed by atoms with Crippen LogP contribution < -0.4 is 4.90 Å². The van der Waals surface area contributed by atoms with E-state index in [9.17, 15) is 4.79 Å². The molecule has 5 heteroatoms. The zero-order valence-electron chi connectivity index (χ0n) is 16.5. The van der Waals surface area contributed by atoms with Crippen molar-refractivity contribution in [3.05, 3.63) is 48.5 Å². The standard InChI is InChI=1S/C23H28N2O2S/c1-2-27-23(26)18-12-16-24(17-13-18)14-7-15-25-19-8-3-5-10-21(19)28-22-11-6-4-9-20(22)25/h3-6,8-11,18H,2,7,12-17H2,1H3. The van der Waals surface area contributed by atoms with Gasteiger partial charge >= 0.3 is 5.97 Å². The summed E-state index contributed by atoms with van der Waals surface area (Å²) in [5.41, 5.74) is 2.62. The molecule has 0 saturated carbocycles. The van der Waals surface area contributed by atoms with E-state index >= 15 is 0 Å². The molecule has 0 bridgehead atoms. The van der Waals surface area contributed by atoms with E-state index in [0.717, 1.165) is 45.4 Å². The van der Waals surface area contributed by atoms with Crippen LogP contribution in [0.2, 0.25) is 0 Å². The van der Waals surface area contributed by atoms with Gasteiger partial charge in [0, 0.05) is 16.3 Å². The summed E-state index contributed by atoms with van der Waals surface area (Å²) in [6, 6.07) is 17.4. The highest BCUT2D eigenvalue weighted by atomic mass is 32.2. The van der Waals surface area contributed by atoms with Crippen molar-refractivity contribution < 1.29 is 9.53 Å². The summed E-state index contributed by atoms with van der Waals surface area (Å²) in [6.45, 7) is 6.42. The van der Waals surface area contributed by atoms with E-state index in [1.165, 1.54) is 21.2 Å². The van der Waals surface area contributed by atoms with Gasteiger partial charge in [-0.3, -0.25) is 4.79 Å². The van der Waals surface area contributed by atoms with Gasteiger partial charge in [0.2, 0.25) is 0 Å². The summed E-state index contributed by atoms with van der Waals surface area (Å²) in [6.07, 6.45) is 2.95. The summed E-state index contributed by atoms with van der Waals surface area (Å²) in [7, 11) is 0. The largest absolute Gasteiger partial charge is 0.466 e. The van der Waals surface area contributed by atoms with Gasteiger partial charge in [0.1, 0.15) is 0 Å². The van der Waals surface area contributed by atoms with Crippen LogP contribution in [0.5, 0.6) is 0 Å². The molecule has 4 nitrogen and oxygen atoms in total. The summed E-state index contributed by atoms with van der Waals surface area (Å²) in [5.74, 6) is 0.0789. The highest BCUT2D eigenvalue weighted by Crippen LogP contribution is 2.47. The number of fused-ring (bicyclic) bond motifs is 2. The van der Waals surface area contributed by atoms with E-state index in [1.807, 2.05) is 18.7 Å². The highest BCUT2D eigenvalue weighted by molar-refractivity contribution is 7.99. The molecule has 0 spiro atoms. The van der Waals surface area contributed by atoms with Crippen molar-refractivity contribution in [3.63, 3.8) is 0 Å². The summed E-state index contributed by atoms with van der Waals surface area (Å²) in [4.78, 5) is 19.5. The number of esters is 1. The van der Waals surface area contributed by atoms with E-state index in [-0.39, 0.29) is 11.9 Å². The van der Waals surface area contributed by atoms with Crippen LogP contribution >= 0.6 is 11.8 Å². The van der Waals surface area contributed by atoms with Gasteiger partial charge in [-0.25, -0.2) is 0 Å². The second-order valence-electron chi connectivity index (χ2n) is 7.41. The minimum Gasteiger partial charge on any atom is -0.466 e. The molecule has 0 aromatic heterocycles. The van der Waals surface area contributed by atoms with Crippen molar-refractivity contribution in [2.75, 3.05) is 37.7 Å². The smallest absolute Gasteiger partial charge is 0.309 e. The molecule has 2 aromatic rings. The molecular formula is C23H28N2O2S. The fraction of sp³-hybridized carbons (Fsp3) is 0.435. The molecule has 2 aliphatic rings. The number of piperidine rings is 1. The second-order valence-corrected chi connectivity index (χ2v) is 8.49. The van der Waals surface area contributed by atoms with E-state index in [2.05, 4.69) is 58.3 Å². The average Bonchev–Trinajstić information content (AvgIpc) is 2.74. The summed E-state index contributed by atoms with van der Waals surface area (Å²) >= 11 is 1.86. The van der Waals surface area contributed by atoms with Crippen LogP contribution in [-0.2, 0) is 9.53 Å². The van der Waals surface area contributed by atoms with Gasteiger partial charge < -0.3 is 14.5 Å². The normalized spacial score (nSPS) is 17.1. The van der Waals surface area contributed by atoms with Gasteiger partial charge in [-0.15, -0.1) is 0 Å². The molecule has 2 aromatic carbocycles. The molecule has 148 valence electrons. The number of benzene rings is 2. The molecule has 4 rings (SSSR count). The van der Waals surface area contributed by atoms with Gasteiger partial charge in [-0.1, -0.05) is 36.0 Å². The van der Waals surface area contributed by atoms with Crippen molar-refractivity contribution in [1.29, 1.82) is 0 Å². The number of para-hydroxylation sites is 2. The third kappa shape index (κ3) is 4.20. The van der Waals surface area contributed by atoms with Crippen LogP contribution in [0.15, 0.2) is 58.3 Å². The topological polar surface area (TPSA) is 32.8 Å². The van der Waals surface area contributed by atoms with Gasteiger partial charge in [-0.2, -0.15) is 0 Å². The lowest BCUT2D eigenvalue weighted by molar-refractivity contribution is -0.149. The first-order valence-electron chi connectivity index (χ1n) is 10.3. The molecule has 0 radical (unpaired) electrons. The molecule has 0 aliphatic carbocycles. The second kappa shape index (κ2) is 9.01. The Kier molecular flexibility index (Phi) is 6.23. The first-order chi connectivity index (χ1) is 13.8. The fourth-order valence-electron chi connectivity index (χ4n) is 4.13. The number of hydrogen-bond acceptors (Lipinski definition) is 5. The zero-order chi connectivity index (χ0) is 19.3. The van der Waals surface area contributed by atoms with Gasteiger partial charge in [0.15, 0.2) is 0 Å². The Hall–Kier alpha value is -1.98. The molecule has 28 heavy (non-hydrogen) atoms. The SMILES string of the molecule is CCOC(=O)C1CCN(CCCN2c3ccccc3Sc3ccccc32)CC1. The molecule has 0 unspecified atom stereocenters. The van der Waals surface area contributed by atoms with E-state index < -0.39 is 0 Å². The van der Waals surface area contributed by atoms with Crippen LogP contribution in [0.3, 0.4) is 0 Å². The number of carbonyl (C=O) groups excluding carboxylic acids is 1. The molecule has 1 fully saturated rings. The van der Waals surface area contributed by atoms with E-state index in [1.54, 1.807) is 0 Å². The van der Waals surface area contributed by atoms with Crippen molar-refractivity contribution in [2.45, 2.75) is 36.0 Å². The molecule has 2 aliphatic heterocycles. The average molecular weight is 397 g/mol. The number of likely N-dealkylation sites (tertiary alicyclic amines) is 1. The van der Waals surface area contributed by atoms with Crippen molar-refractivity contribution in [3.8, 4) is 0 Å². The van der Waals surface area contributed by atoms with Crippen LogP contribution in [0.4, 0.5) is 11.4 Å². The zero-order valence-corrected chi connectivity index (χ0v) is 17.3. The van der Waals surface area contributed by atoms with Crippen molar-refractivity contribution >= 4 is 29.1 Å². The Bertz CT molecular complexity index is 772. The van der Waals surface area contributed by atoms with Gasteiger partial charge in [-0.05, 0) is 70.1 Å².